The Labute approximate surface area is 547 Å². The predicted molar refractivity (Wildman–Crippen MR) is 387 cm³/mol. The van der Waals surface area contributed by atoms with Gasteiger partial charge in [0.2, 0.25) is 5.91 Å². The first kappa shape index (κ1) is 85.4. The van der Waals surface area contributed by atoms with Crippen molar-refractivity contribution in [2.24, 2.45) is 0 Å². The molecule has 3 unspecified atom stereocenters. The highest BCUT2D eigenvalue weighted by molar-refractivity contribution is 7.47. The lowest BCUT2D eigenvalue weighted by Gasteiger charge is -2.25. The Morgan fingerprint density at radius 1 is 0.398 bits per heavy atom. The summed E-state index contributed by atoms with van der Waals surface area (Å²) in [5.74, 6) is -0.174. The lowest BCUT2D eigenvalue weighted by Crippen LogP contribution is -2.45. The average molecular weight is 1250 g/mol. The third-order valence-corrected chi connectivity index (χ3v) is 17.8. The summed E-state index contributed by atoms with van der Waals surface area (Å²) in [7, 11) is 1.58. The first-order valence-corrected chi connectivity index (χ1v) is 39.1. The maximum atomic E-state index is 13.1. The van der Waals surface area contributed by atoms with Crippen LogP contribution >= 0.6 is 7.82 Å². The Morgan fingerprint density at radius 2 is 0.682 bits per heavy atom. The van der Waals surface area contributed by atoms with Gasteiger partial charge in [-0.15, -0.1) is 0 Å². The molecular weight excluding hydrogens is 1100 g/mol. The van der Waals surface area contributed by atoms with Crippen LogP contribution in [0.4, 0.5) is 0 Å². The number of hydrogen-bond donors (Lipinski definition) is 3. The highest BCUT2D eigenvalue weighted by Gasteiger charge is 2.28. The van der Waals surface area contributed by atoms with Crippen LogP contribution in [-0.2, 0) is 18.4 Å². The van der Waals surface area contributed by atoms with E-state index in [-0.39, 0.29) is 19.1 Å². The molecule has 0 fully saturated rings. The minimum absolute atomic E-state index is 0.0602. The van der Waals surface area contributed by atoms with Crippen molar-refractivity contribution in [1.82, 2.24) is 5.32 Å². The number of amides is 1. The Kier molecular flexibility index (Phi) is 66.8. The number of phosphoric ester groups is 1. The largest absolute Gasteiger partial charge is 0.472 e. The molecule has 88 heavy (non-hydrogen) atoms. The van der Waals surface area contributed by atoms with Gasteiger partial charge >= 0.3 is 7.82 Å². The van der Waals surface area contributed by atoms with Crippen LogP contribution in [0.15, 0.2) is 97.2 Å². The molecule has 0 radical (unpaired) electrons. The molecule has 0 heterocycles. The maximum absolute atomic E-state index is 13.1. The Bertz CT molecular complexity index is 1760. The van der Waals surface area contributed by atoms with Crippen LogP contribution in [0.1, 0.15) is 348 Å². The summed E-state index contributed by atoms with van der Waals surface area (Å²) in [4.78, 5) is 23.5. The minimum atomic E-state index is -4.36. The van der Waals surface area contributed by atoms with Gasteiger partial charge in [-0.1, -0.05) is 361 Å². The molecule has 0 saturated heterocycles. The molecule has 3 N–H and O–H groups in total. The zero-order valence-corrected chi connectivity index (χ0v) is 59.6. The summed E-state index contributed by atoms with van der Waals surface area (Å²) in [5.41, 5.74) is 0. The number of rotatable bonds is 69. The summed E-state index contributed by atoms with van der Waals surface area (Å²) < 4.78 is 23.9. The fourth-order valence-corrected chi connectivity index (χ4v) is 11.8. The van der Waals surface area contributed by atoms with E-state index in [9.17, 15) is 19.4 Å². The third kappa shape index (κ3) is 70.9. The van der Waals surface area contributed by atoms with Crippen LogP contribution in [-0.4, -0.2) is 73.4 Å². The third-order valence-electron chi connectivity index (χ3n) is 16.8. The van der Waals surface area contributed by atoms with Crippen molar-refractivity contribution in [3.63, 3.8) is 0 Å². The highest BCUT2D eigenvalue weighted by atomic mass is 31.2. The number of carbonyl (C=O) groups excluding carboxylic acids is 1. The predicted octanol–water partition coefficient (Wildman–Crippen LogP) is 24.4. The van der Waals surface area contributed by atoms with Crippen molar-refractivity contribution in [1.29, 1.82) is 0 Å². The van der Waals surface area contributed by atoms with E-state index in [4.69, 9.17) is 9.05 Å². The van der Waals surface area contributed by atoms with Crippen molar-refractivity contribution in [2.45, 2.75) is 360 Å². The number of nitrogens with one attached hydrogen (secondary N) is 1. The normalized spacial score (nSPS) is 14.1. The minimum Gasteiger partial charge on any atom is -0.387 e. The van der Waals surface area contributed by atoms with E-state index < -0.39 is 20.0 Å². The van der Waals surface area contributed by atoms with Crippen LogP contribution in [0.5, 0.6) is 0 Å². The first-order chi connectivity index (χ1) is 43.0. The Hall–Kier alpha value is -2.58. The van der Waals surface area contributed by atoms with Gasteiger partial charge in [-0.05, 0) is 77.0 Å². The Balaban J connectivity index is 4.02. The van der Waals surface area contributed by atoms with Gasteiger partial charge < -0.3 is 19.8 Å². The van der Waals surface area contributed by atoms with Gasteiger partial charge in [0, 0.05) is 6.42 Å². The number of nitrogens with zero attached hydrogens (tertiary/aromatic N) is 1. The number of likely N-dealkylation sites (N-methyl/N-ethyl adjacent to an activating group) is 1. The van der Waals surface area contributed by atoms with Crippen molar-refractivity contribution in [3.05, 3.63) is 97.2 Å². The molecule has 0 aromatic carbocycles. The van der Waals surface area contributed by atoms with Gasteiger partial charge in [-0.3, -0.25) is 13.8 Å². The van der Waals surface area contributed by atoms with Gasteiger partial charge in [-0.25, -0.2) is 4.57 Å². The van der Waals surface area contributed by atoms with E-state index in [1.807, 2.05) is 27.2 Å². The number of allylic oxidation sites excluding steroid dienone is 15. The van der Waals surface area contributed by atoms with Gasteiger partial charge in [-0.2, -0.15) is 0 Å². The monoisotopic (exact) mass is 1250 g/mol. The van der Waals surface area contributed by atoms with Crippen LogP contribution in [0.25, 0.3) is 0 Å². The fraction of sp³-hybridized carbons (Fsp3) is 0.785. The number of phosphoric acid groups is 1. The summed E-state index contributed by atoms with van der Waals surface area (Å²) in [6.07, 6.45) is 100.0. The molecule has 8 nitrogen and oxygen atoms in total. The number of quaternary nitrogens is 1. The van der Waals surface area contributed by atoms with Crippen molar-refractivity contribution < 1.29 is 32.9 Å². The molecular formula is C79H146N2O6P+. The molecule has 0 aromatic rings. The van der Waals surface area contributed by atoms with Gasteiger partial charge in [0.1, 0.15) is 13.2 Å². The summed E-state index contributed by atoms with van der Waals surface area (Å²) >= 11 is 0. The van der Waals surface area contributed by atoms with Gasteiger partial charge in [0.05, 0.1) is 39.9 Å². The number of aliphatic hydroxyl groups excluding tert-OH is 1. The highest BCUT2D eigenvalue weighted by Crippen LogP contribution is 2.43. The Morgan fingerprint density at radius 3 is 1.00 bits per heavy atom. The molecule has 3 atom stereocenters. The molecule has 0 rings (SSSR count). The van der Waals surface area contributed by atoms with E-state index in [2.05, 4.69) is 104 Å². The second-order valence-corrected chi connectivity index (χ2v) is 28.1. The van der Waals surface area contributed by atoms with E-state index in [1.165, 1.54) is 244 Å². The lowest BCUT2D eigenvalue weighted by atomic mass is 10.0. The fourth-order valence-electron chi connectivity index (χ4n) is 11.0. The molecule has 0 aromatic heterocycles. The van der Waals surface area contributed by atoms with Gasteiger partial charge in [0.15, 0.2) is 0 Å². The molecule has 0 aliphatic rings. The number of carbonyl (C=O) groups is 1. The molecule has 0 aliphatic carbocycles. The topological polar surface area (TPSA) is 105 Å². The van der Waals surface area contributed by atoms with Crippen LogP contribution in [0, 0.1) is 0 Å². The van der Waals surface area contributed by atoms with E-state index in [0.717, 1.165) is 83.5 Å². The number of aliphatic hydroxyl groups is 1. The second kappa shape index (κ2) is 68.8. The van der Waals surface area contributed by atoms with Crippen LogP contribution < -0.4 is 5.32 Å². The molecule has 0 spiro atoms. The molecule has 0 saturated carbocycles. The summed E-state index contributed by atoms with van der Waals surface area (Å²) in [5, 5.41) is 14.0. The average Bonchev–Trinajstić information content (AvgIpc) is 3.70. The maximum Gasteiger partial charge on any atom is 0.472 e. The summed E-state index contributed by atoms with van der Waals surface area (Å²) in [6.45, 7) is 4.74. The van der Waals surface area contributed by atoms with Crippen molar-refractivity contribution in [3.8, 4) is 0 Å². The molecule has 1 amide bonds. The van der Waals surface area contributed by atoms with Crippen LogP contribution in [0.3, 0.4) is 0 Å². The molecule has 0 aliphatic heterocycles. The molecule has 9 heteroatoms. The standard InChI is InChI=1S/C79H145N2O6P/c1-6-8-10-12-14-16-18-20-22-24-26-28-30-32-34-35-36-37-38-39-40-41-42-43-44-45-47-49-51-53-55-57-59-61-63-65-67-69-71-73-79(83)80-77(76-87-88(84,85)86-75-74-81(3,4)5)78(82)72-70-68-66-64-62-60-58-56-54-52-50-48-46-33-31-29-27-25-23-21-19-17-15-13-11-9-7-2/h8,10,14,16,20,22,26,28,32,34,36-37,39-40,70,72,77-78,82H,6-7,9,11-13,15,17-19,21,23-25,27,29-31,33,35,38,41-69,71,73-76H2,1-5H3,(H-,80,83,84,85)/p+1/b10-8-,16-14-,22-20-,28-26-,34-32-,37-36-,40-39-,72-70+. The zero-order chi connectivity index (χ0) is 64.1. The van der Waals surface area contributed by atoms with Crippen molar-refractivity contribution >= 4 is 13.7 Å². The SMILES string of the molecule is CC/C=C\C/C=C\C/C=C\C/C=C\C/C=C\C/C=C\C/C=C\CCCCCCCCCCCCCCCCCCCC(=O)NC(COP(=O)(O)OCC[N+](C)(C)C)C(O)/C=C/CCCCCCCCCCCCCCCCCCCCCCCCCCC. The lowest BCUT2D eigenvalue weighted by molar-refractivity contribution is -0.870. The second-order valence-electron chi connectivity index (χ2n) is 26.6. The van der Waals surface area contributed by atoms with E-state index in [0.29, 0.717) is 17.4 Å². The van der Waals surface area contributed by atoms with Crippen LogP contribution in [0.2, 0.25) is 0 Å². The first-order valence-electron chi connectivity index (χ1n) is 37.6. The smallest absolute Gasteiger partial charge is 0.387 e. The molecule has 0 bridgehead atoms. The number of unbranched alkanes of at least 4 members (excludes halogenated alkanes) is 42. The quantitative estimate of drug-likeness (QED) is 0.0243. The van der Waals surface area contributed by atoms with Crippen molar-refractivity contribution in [2.75, 3.05) is 40.9 Å². The zero-order valence-electron chi connectivity index (χ0n) is 58.7. The number of hydrogen-bond acceptors (Lipinski definition) is 5. The van der Waals surface area contributed by atoms with Gasteiger partial charge in [0.25, 0.3) is 0 Å². The van der Waals surface area contributed by atoms with E-state index >= 15 is 0 Å². The molecule has 512 valence electrons. The van der Waals surface area contributed by atoms with E-state index in [1.54, 1.807) is 6.08 Å². The summed E-state index contributed by atoms with van der Waals surface area (Å²) in [6, 6.07) is -0.852.